The van der Waals surface area contributed by atoms with Gasteiger partial charge in [0.1, 0.15) is 11.7 Å². The molecule has 3 N–H and O–H groups in total. The van der Waals surface area contributed by atoms with Crippen LogP contribution in [-0.4, -0.2) is 45.6 Å². The van der Waals surface area contributed by atoms with Crippen molar-refractivity contribution >= 4 is 17.5 Å². The van der Waals surface area contributed by atoms with Gasteiger partial charge in [-0.3, -0.25) is 14.3 Å². The summed E-state index contributed by atoms with van der Waals surface area (Å²) in [6.45, 7) is 9.11. The number of nitrogen functional groups attached to an aromatic ring is 1. The lowest BCUT2D eigenvalue weighted by Crippen LogP contribution is -2.47. The van der Waals surface area contributed by atoms with E-state index in [4.69, 9.17) is 5.73 Å². The number of aryl methyl sites for hydroxylation is 1. The quantitative estimate of drug-likeness (QED) is 0.792. The van der Waals surface area contributed by atoms with Gasteiger partial charge in [0.05, 0.1) is 11.9 Å². The Morgan fingerprint density at radius 2 is 2.00 bits per heavy atom. The highest BCUT2D eigenvalue weighted by atomic mass is 16.2. The fraction of sp³-hybridized carbons (Fsp3) is 0.615. The molecule has 0 bridgehead atoms. The Bertz CT molecular complexity index is 479. The van der Waals surface area contributed by atoms with Gasteiger partial charge in [-0.15, -0.1) is 0 Å². The Morgan fingerprint density at radius 3 is 2.50 bits per heavy atom. The number of nitrogens with one attached hydrogen (secondary N) is 1. The largest absolute Gasteiger partial charge is 0.396 e. The van der Waals surface area contributed by atoms with Gasteiger partial charge in [0, 0.05) is 19.6 Å². The highest BCUT2D eigenvalue weighted by Gasteiger charge is 2.23. The maximum absolute atomic E-state index is 12.2. The fourth-order valence-corrected chi connectivity index (χ4v) is 2.02. The molecule has 7 heteroatoms. The maximum atomic E-state index is 12.2. The summed E-state index contributed by atoms with van der Waals surface area (Å²) < 4.78 is 1.51. The van der Waals surface area contributed by atoms with Crippen LogP contribution in [0.5, 0.6) is 0 Å². The van der Waals surface area contributed by atoms with Crippen molar-refractivity contribution in [3.8, 4) is 0 Å². The smallest absolute Gasteiger partial charge is 0.272 e. The summed E-state index contributed by atoms with van der Waals surface area (Å²) in [6, 6.07) is -0.595. The number of amides is 2. The van der Waals surface area contributed by atoms with Gasteiger partial charge < -0.3 is 16.0 Å². The predicted molar refractivity (Wildman–Crippen MR) is 77.2 cm³/mol. The van der Waals surface area contributed by atoms with Crippen molar-refractivity contribution in [2.75, 3.05) is 18.8 Å². The molecule has 0 aromatic carbocycles. The van der Waals surface area contributed by atoms with Gasteiger partial charge >= 0.3 is 0 Å². The SMILES string of the molecule is CCN(CC)C(=O)C(C)NC(=O)c1c(N)cnn1CC. The zero-order chi connectivity index (χ0) is 15.3. The minimum absolute atomic E-state index is 0.107. The molecule has 0 saturated heterocycles. The number of nitrogens with zero attached hydrogens (tertiary/aromatic N) is 3. The molecule has 1 unspecified atom stereocenters. The van der Waals surface area contributed by atoms with Gasteiger partial charge in [0.25, 0.3) is 5.91 Å². The van der Waals surface area contributed by atoms with Crippen LogP contribution >= 0.6 is 0 Å². The van der Waals surface area contributed by atoms with Gasteiger partial charge in [-0.2, -0.15) is 5.10 Å². The van der Waals surface area contributed by atoms with Crippen LogP contribution in [0.2, 0.25) is 0 Å². The third kappa shape index (κ3) is 3.28. The second kappa shape index (κ2) is 6.93. The van der Waals surface area contributed by atoms with Gasteiger partial charge in [-0.25, -0.2) is 0 Å². The molecule has 0 radical (unpaired) electrons. The molecule has 0 fully saturated rings. The molecule has 0 aliphatic heterocycles. The molecule has 20 heavy (non-hydrogen) atoms. The minimum Gasteiger partial charge on any atom is -0.396 e. The van der Waals surface area contributed by atoms with E-state index in [0.29, 0.717) is 31.0 Å². The normalized spacial score (nSPS) is 12.0. The van der Waals surface area contributed by atoms with E-state index in [1.54, 1.807) is 11.8 Å². The Balaban J connectivity index is 2.80. The molecule has 0 aliphatic rings. The number of carbonyl (C=O) groups excluding carboxylic acids is 2. The number of nitrogens with two attached hydrogens (primary N) is 1. The Kier molecular flexibility index (Phi) is 5.54. The van der Waals surface area contributed by atoms with Gasteiger partial charge in [0.2, 0.25) is 5.91 Å². The van der Waals surface area contributed by atoms with Crippen molar-refractivity contribution in [3.05, 3.63) is 11.9 Å². The highest BCUT2D eigenvalue weighted by Crippen LogP contribution is 2.11. The molecule has 2 amide bonds. The van der Waals surface area contributed by atoms with Crippen molar-refractivity contribution in [1.82, 2.24) is 20.0 Å². The zero-order valence-corrected chi connectivity index (χ0v) is 12.5. The molecular formula is C13H23N5O2. The van der Waals surface area contributed by atoms with Crippen LogP contribution < -0.4 is 11.1 Å². The number of likely N-dealkylation sites (N-methyl/N-ethyl adjacent to an activating group) is 1. The molecule has 0 spiro atoms. The van der Waals surface area contributed by atoms with Gasteiger partial charge in [0.15, 0.2) is 0 Å². The summed E-state index contributed by atoms with van der Waals surface area (Å²) in [4.78, 5) is 26.0. The standard InChI is InChI=1S/C13H23N5O2/c1-5-17(6-2)13(20)9(4)16-12(19)11-10(14)8-15-18(11)7-3/h8-9H,5-7,14H2,1-4H3,(H,16,19). The van der Waals surface area contributed by atoms with Crippen molar-refractivity contribution < 1.29 is 9.59 Å². The lowest BCUT2D eigenvalue weighted by Gasteiger charge is -2.23. The van der Waals surface area contributed by atoms with E-state index in [-0.39, 0.29) is 11.8 Å². The summed E-state index contributed by atoms with van der Waals surface area (Å²) >= 11 is 0. The van der Waals surface area contributed by atoms with E-state index in [1.807, 2.05) is 20.8 Å². The summed E-state index contributed by atoms with van der Waals surface area (Å²) in [5, 5.41) is 6.69. The van der Waals surface area contributed by atoms with Crippen LogP contribution in [0.25, 0.3) is 0 Å². The Morgan fingerprint density at radius 1 is 1.40 bits per heavy atom. The Labute approximate surface area is 119 Å². The predicted octanol–water partition coefficient (Wildman–Crippen LogP) is 0.472. The molecule has 112 valence electrons. The first kappa shape index (κ1) is 16.0. The Hall–Kier alpha value is -2.05. The molecule has 1 atom stereocenters. The van der Waals surface area contributed by atoms with E-state index >= 15 is 0 Å². The van der Waals surface area contributed by atoms with Crippen LogP contribution in [-0.2, 0) is 11.3 Å². The van der Waals surface area contributed by atoms with E-state index in [0.717, 1.165) is 0 Å². The third-order valence-corrected chi connectivity index (χ3v) is 3.18. The minimum atomic E-state index is -0.595. The summed E-state index contributed by atoms with van der Waals surface area (Å²) in [5.74, 6) is -0.487. The lowest BCUT2D eigenvalue weighted by atomic mass is 10.2. The molecule has 7 nitrogen and oxygen atoms in total. The average Bonchev–Trinajstić information content (AvgIpc) is 2.80. The summed E-state index contributed by atoms with van der Waals surface area (Å²) in [5.41, 5.74) is 6.35. The first-order chi connectivity index (χ1) is 9.46. The number of rotatable bonds is 6. The molecule has 1 heterocycles. The first-order valence-electron chi connectivity index (χ1n) is 6.87. The molecular weight excluding hydrogens is 258 g/mol. The first-order valence-corrected chi connectivity index (χ1v) is 6.87. The summed E-state index contributed by atoms with van der Waals surface area (Å²) in [7, 11) is 0. The van der Waals surface area contributed by atoms with Crippen molar-refractivity contribution in [3.63, 3.8) is 0 Å². The van der Waals surface area contributed by atoms with E-state index in [9.17, 15) is 9.59 Å². The van der Waals surface area contributed by atoms with E-state index in [1.165, 1.54) is 10.9 Å². The highest BCUT2D eigenvalue weighted by molar-refractivity contribution is 5.99. The van der Waals surface area contributed by atoms with Gasteiger partial charge in [-0.1, -0.05) is 0 Å². The van der Waals surface area contributed by atoms with Crippen molar-refractivity contribution in [1.29, 1.82) is 0 Å². The molecule has 1 aromatic rings. The van der Waals surface area contributed by atoms with Crippen LogP contribution in [0.15, 0.2) is 6.20 Å². The second-order valence-corrected chi connectivity index (χ2v) is 4.47. The van der Waals surface area contributed by atoms with Crippen LogP contribution in [0.3, 0.4) is 0 Å². The number of anilines is 1. The zero-order valence-electron chi connectivity index (χ0n) is 12.5. The average molecular weight is 281 g/mol. The molecule has 0 aliphatic carbocycles. The van der Waals surface area contributed by atoms with Crippen LogP contribution in [0.4, 0.5) is 5.69 Å². The monoisotopic (exact) mass is 281 g/mol. The number of aromatic nitrogens is 2. The van der Waals surface area contributed by atoms with E-state index in [2.05, 4.69) is 10.4 Å². The van der Waals surface area contributed by atoms with E-state index < -0.39 is 6.04 Å². The molecule has 1 rings (SSSR count). The fourth-order valence-electron chi connectivity index (χ4n) is 2.02. The molecule has 0 saturated carbocycles. The van der Waals surface area contributed by atoms with Crippen molar-refractivity contribution in [2.24, 2.45) is 0 Å². The van der Waals surface area contributed by atoms with Crippen LogP contribution in [0.1, 0.15) is 38.2 Å². The number of hydrogen-bond acceptors (Lipinski definition) is 4. The van der Waals surface area contributed by atoms with Crippen molar-refractivity contribution in [2.45, 2.75) is 40.3 Å². The molecule has 1 aromatic heterocycles. The maximum Gasteiger partial charge on any atom is 0.272 e. The number of hydrogen-bond donors (Lipinski definition) is 2. The van der Waals surface area contributed by atoms with Crippen LogP contribution in [0, 0.1) is 0 Å². The summed E-state index contributed by atoms with van der Waals surface area (Å²) in [6.07, 6.45) is 1.44. The number of carbonyl (C=O) groups is 2. The second-order valence-electron chi connectivity index (χ2n) is 4.47. The topological polar surface area (TPSA) is 93.2 Å². The third-order valence-electron chi connectivity index (χ3n) is 3.18. The lowest BCUT2D eigenvalue weighted by molar-refractivity contribution is -0.132. The van der Waals surface area contributed by atoms with Gasteiger partial charge in [-0.05, 0) is 27.7 Å².